The summed E-state index contributed by atoms with van der Waals surface area (Å²) in [5.74, 6) is 0.897. The smallest absolute Gasteiger partial charge is 0.119 e. The van der Waals surface area contributed by atoms with E-state index in [9.17, 15) is 5.26 Å². The van der Waals surface area contributed by atoms with Crippen LogP contribution in [0.4, 0.5) is 0 Å². The van der Waals surface area contributed by atoms with Gasteiger partial charge in [-0.15, -0.1) is 0 Å². The molecule has 3 rings (SSSR count). The third-order valence-electron chi connectivity index (χ3n) is 4.95. The normalized spacial score (nSPS) is 22.7. The summed E-state index contributed by atoms with van der Waals surface area (Å²) < 4.78 is 5.47. The third-order valence-corrected chi connectivity index (χ3v) is 4.95. The van der Waals surface area contributed by atoms with Crippen molar-refractivity contribution in [1.29, 1.82) is 5.26 Å². The van der Waals surface area contributed by atoms with E-state index in [1.165, 1.54) is 31.2 Å². The Hall–Kier alpha value is -1.49. The van der Waals surface area contributed by atoms with Gasteiger partial charge < -0.3 is 4.74 Å². The number of ether oxygens (including phenoxy) is 1. The predicted octanol–water partition coefficient (Wildman–Crippen LogP) is 4.20. The van der Waals surface area contributed by atoms with Crippen molar-refractivity contribution in [3.8, 4) is 11.8 Å². The van der Waals surface area contributed by atoms with Gasteiger partial charge in [0.1, 0.15) is 5.75 Å². The molecule has 1 aromatic carbocycles. The van der Waals surface area contributed by atoms with E-state index in [1.54, 1.807) is 0 Å². The Bertz CT molecular complexity index is 483. The molecule has 0 aromatic heterocycles. The minimum atomic E-state index is -0.227. The molecule has 2 fully saturated rings. The van der Waals surface area contributed by atoms with Crippen molar-refractivity contribution in [3.63, 3.8) is 0 Å². The zero-order chi connectivity index (χ0) is 13.3. The Balaban J connectivity index is 1.78. The fraction of sp³-hybridized carbons (Fsp3) is 0.588. The van der Waals surface area contributed by atoms with Gasteiger partial charge in [0.25, 0.3) is 0 Å². The van der Waals surface area contributed by atoms with Gasteiger partial charge in [0, 0.05) is 0 Å². The highest BCUT2D eigenvalue weighted by molar-refractivity contribution is 5.40. The van der Waals surface area contributed by atoms with E-state index < -0.39 is 0 Å². The largest absolute Gasteiger partial charge is 0.494 e. The molecule has 19 heavy (non-hydrogen) atoms. The Morgan fingerprint density at radius 2 is 1.79 bits per heavy atom. The van der Waals surface area contributed by atoms with E-state index in [4.69, 9.17) is 4.74 Å². The molecule has 2 aliphatic rings. The lowest BCUT2D eigenvalue weighted by molar-refractivity contribution is 0.0648. The lowest BCUT2D eigenvalue weighted by Gasteiger charge is -2.51. The Labute approximate surface area is 115 Å². The molecular weight excluding hydrogens is 234 g/mol. The fourth-order valence-corrected chi connectivity index (χ4v) is 4.09. The van der Waals surface area contributed by atoms with Crippen molar-refractivity contribution in [2.45, 2.75) is 50.9 Å². The van der Waals surface area contributed by atoms with Gasteiger partial charge >= 0.3 is 0 Å². The average molecular weight is 255 g/mol. The summed E-state index contributed by atoms with van der Waals surface area (Å²) in [7, 11) is 0. The summed E-state index contributed by atoms with van der Waals surface area (Å²) >= 11 is 0. The van der Waals surface area contributed by atoms with Crippen LogP contribution in [-0.4, -0.2) is 6.61 Å². The zero-order valence-electron chi connectivity index (χ0n) is 11.6. The van der Waals surface area contributed by atoms with Crippen LogP contribution >= 0.6 is 0 Å². The molecule has 1 aromatic rings. The molecule has 0 heterocycles. The minimum absolute atomic E-state index is 0.227. The third kappa shape index (κ3) is 2.02. The van der Waals surface area contributed by atoms with Crippen LogP contribution in [0.25, 0.3) is 0 Å². The average Bonchev–Trinajstić information content (AvgIpc) is 2.87. The molecule has 0 N–H and O–H groups in total. The number of hydrogen-bond acceptors (Lipinski definition) is 2. The van der Waals surface area contributed by atoms with Gasteiger partial charge in [-0.3, -0.25) is 0 Å². The Kier molecular flexibility index (Phi) is 3.01. The first-order chi connectivity index (χ1) is 9.22. The van der Waals surface area contributed by atoms with Gasteiger partial charge in [0.05, 0.1) is 18.1 Å². The van der Waals surface area contributed by atoms with Gasteiger partial charge in [-0.05, 0) is 55.7 Å². The molecule has 0 unspecified atom stereocenters. The molecule has 0 amide bonds. The standard InChI is InChI=1S/C17H21NO/c1-2-19-15-7-5-14(6-8-15)17(13-18)11-16(12-17)9-3-4-10-16/h5-8H,2-4,9-12H2,1H3. The quantitative estimate of drug-likeness (QED) is 0.811. The first kappa shape index (κ1) is 12.5. The molecule has 0 aliphatic heterocycles. The van der Waals surface area contributed by atoms with Gasteiger partial charge in [-0.1, -0.05) is 25.0 Å². The summed E-state index contributed by atoms with van der Waals surface area (Å²) in [6, 6.07) is 10.7. The van der Waals surface area contributed by atoms with Crippen molar-refractivity contribution in [2.24, 2.45) is 5.41 Å². The topological polar surface area (TPSA) is 33.0 Å². The van der Waals surface area contributed by atoms with Crippen molar-refractivity contribution in [3.05, 3.63) is 29.8 Å². The molecule has 2 saturated carbocycles. The van der Waals surface area contributed by atoms with E-state index in [2.05, 4.69) is 18.2 Å². The highest BCUT2D eigenvalue weighted by atomic mass is 16.5. The van der Waals surface area contributed by atoms with Crippen LogP contribution in [0, 0.1) is 16.7 Å². The molecule has 2 heteroatoms. The second kappa shape index (κ2) is 4.56. The van der Waals surface area contributed by atoms with E-state index in [0.29, 0.717) is 12.0 Å². The van der Waals surface area contributed by atoms with Gasteiger partial charge in [-0.2, -0.15) is 5.26 Å². The summed E-state index contributed by atoms with van der Waals surface area (Å²) in [4.78, 5) is 0. The molecule has 0 radical (unpaired) electrons. The lowest BCUT2D eigenvalue weighted by atomic mass is 9.50. The first-order valence-corrected chi connectivity index (χ1v) is 7.37. The van der Waals surface area contributed by atoms with Crippen LogP contribution in [0.5, 0.6) is 5.75 Å². The zero-order valence-corrected chi connectivity index (χ0v) is 11.6. The van der Waals surface area contributed by atoms with Crippen molar-refractivity contribution < 1.29 is 4.74 Å². The molecule has 0 bridgehead atoms. The van der Waals surface area contributed by atoms with Crippen molar-refractivity contribution in [2.75, 3.05) is 6.61 Å². The molecule has 2 aliphatic carbocycles. The monoisotopic (exact) mass is 255 g/mol. The van der Waals surface area contributed by atoms with E-state index in [1.807, 2.05) is 19.1 Å². The van der Waals surface area contributed by atoms with E-state index in [0.717, 1.165) is 18.6 Å². The van der Waals surface area contributed by atoms with Crippen molar-refractivity contribution in [1.82, 2.24) is 0 Å². The van der Waals surface area contributed by atoms with Crippen LogP contribution < -0.4 is 4.74 Å². The molecule has 1 spiro atoms. The number of benzene rings is 1. The van der Waals surface area contributed by atoms with Crippen LogP contribution in [-0.2, 0) is 5.41 Å². The highest BCUT2D eigenvalue weighted by Gasteiger charge is 2.56. The van der Waals surface area contributed by atoms with Crippen molar-refractivity contribution >= 4 is 0 Å². The number of nitriles is 1. The van der Waals surface area contributed by atoms with Gasteiger partial charge in [-0.25, -0.2) is 0 Å². The molecule has 0 saturated heterocycles. The summed E-state index contributed by atoms with van der Waals surface area (Å²) in [6.07, 6.45) is 7.48. The minimum Gasteiger partial charge on any atom is -0.494 e. The second-order valence-corrected chi connectivity index (χ2v) is 6.21. The fourth-order valence-electron chi connectivity index (χ4n) is 4.09. The molecular formula is C17H21NO. The summed E-state index contributed by atoms with van der Waals surface area (Å²) in [5.41, 5.74) is 1.44. The number of nitrogens with zero attached hydrogens (tertiary/aromatic N) is 1. The SMILES string of the molecule is CCOc1ccc(C2(C#N)CC3(CCCC3)C2)cc1. The number of rotatable bonds is 3. The number of hydrogen-bond donors (Lipinski definition) is 0. The Morgan fingerprint density at radius 1 is 1.16 bits per heavy atom. The van der Waals surface area contributed by atoms with Gasteiger partial charge in [0.15, 0.2) is 0 Å². The highest BCUT2D eigenvalue weighted by Crippen LogP contribution is 2.62. The van der Waals surface area contributed by atoms with Crippen LogP contribution in [0.3, 0.4) is 0 Å². The maximum Gasteiger partial charge on any atom is 0.119 e. The maximum absolute atomic E-state index is 9.63. The predicted molar refractivity (Wildman–Crippen MR) is 75.0 cm³/mol. The van der Waals surface area contributed by atoms with Gasteiger partial charge in [0.2, 0.25) is 0 Å². The molecule has 2 nitrogen and oxygen atoms in total. The second-order valence-electron chi connectivity index (χ2n) is 6.21. The molecule has 0 atom stereocenters. The first-order valence-electron chi connectivity index (χ1n) is 7.37. The van der Waals surface area contributed by atoms with Crippen LogP contribution in [0.2, 0.25) is 0 Å². The van der Waals surface area contributed by atoms with Crippen LogP contribution in [0.1, 0.15) is 51.0 Å². The van der Waals surface area contributed by atoms with E-state index in [-0.39, 0.29) is 5.41 Å². The maximum atomic E-state index is 9.63. The van der Waals surface area contributed by atoms with E-state index >= 15 is 0 Å². The Morgan fingerprint density at radius 3 is 2.32 bits per heavy atom. The molecule has 100 valence electrons. The summed E-state index contributed by atoms with van der Waals surface area (Å²) in [6.45, 7) is 2.67. The summed E-state index contributed by atoms with van der Waals surface area (Å²) in [5, 5.41) is 9.63. The van der Waals surface area contributed by atoms with Crippen LogP contribution in [0.15, 0.2) is 24.3 Å². The lowest BCUT2D eigenvalue weighted by Crippen LogP contribution is -2.47.